The second-order valence-corrected chi connectivity index (χ2v) is 3.48. The smallest absolute Gasteiger partial charge is 0.261 e. The quantitative estimate of drug-likeness (QED) is 0.531. The Kier molecular flexibility index (Phi) is 6.21. The monoisotopic (exact) mass is 259 g/mol. The number of aromatic nitrogens is 1. The van der Waals surface area contributed by atoms with Crippen LogP contribution in [-0.4, -0.2) is 37.0 Å². The number of nitrogens with zero attached hydrogens (tertiary/aromatic N) is 1. The minimum absolute atomic E-state index is 0.0258. The summed E-state index contributed by atoms with van der Waals surface area (Å²) in [5.74, 6) is 0.301. The first-order chi connectivity index (χ1) is 8.63. The molecule has 0 radical (unpaired) electrons. The molecule has 0 unspecified atom stereocenters. The third kappa shape index (κ3) is 5.18. The van der Waals surface area contributed by atoms with Crippen LogP contribution in [-0.2, 0) is 4.74 Å². The van der Waals surface area contributed by atoms with Crippen LogP contribution in [0.25, 0.3) is 0 Å². The lowest BCUT2D eigenvalue weighted by Crippen LogP contribution is -2.09. The molecule has 0 spiro atoms. The Hall–Kier alpha value is -1.56. The van der Waals surface area contributed by atoms with E-state index in [1.54, 1.807) is 6.07 Å². The molecule has 0 atom stereocenters. The van der Waals surface area contributed by atoms with Gasteiger partial charge in [-0.25, -0.2) is 8.78 Å². The van der Waals surface area contributed by atoms with Gasteiger partial charge in [-0.15, -0.1) is 0 Å². The summed E-state index contributed by atoms with van der Waals surface area (Å²) < 4.78 is 33.4. The van der Waals surface area contributed by atoms with Gasteiger partial charge in [-0.3, -0.25) is 9.78 Å². The van der Waals surface area contributed by atoms with Crippen LogP contribution in [0.15, 0.2) is 18.5 Å². The van der Waals surface area contributed by atoms with Gasteiger partial charge in [0.2, 0.25) is 0 Å². The maximum atomic E-state index is 11.8. The van der Waals surface area contributed by atoms with Crippen LogP contribution >= 0.6 is 0 Å². The molecule has 6 heteroatoms. The normalized spacial score (nSPS) is 10.7. The van der Waals surface area contributed by atoms with E-state index in [4.69, 9.17) is 4.74 Å². The van der Waals surface area contributed by atoms with E-state index in [0.29, 0.717) is 17.9 Å². The Morgan fingerprint density at radius 1 is 1.44 bits per heavy atom. The van der Waals surface area contributed by atoms with Crippen molar-refractivity contribution >= 4 is 5.78 Å². The SMILES string of the molecule is CCOc1cncc(C(=O)CCOCC(F)F)c1. The molecule has 0 amide bonds. The zero-order valence-electron chi connectivity index (χ0n) is 10.1. The predicted octanol–water partition coefficient (Wildman–Crippen LogP) is 2.33. The third-order valence-corrected chi connectivity index (χ3v) is 2.06. The van der Waals surface area contributed by atoms with E-state index in [1.807, 2.05) is 6.92 Å². The summed E-state index contributed by atoms with van der Waals surface area (Å²) in [4.78, 5) is 15.6. The van der Waals surface area contributed by atoms with Crippen LogP contribution in [0.3, 0.4) is 0 Å². The highest BCUT2D eigenvalue weighted by Crippen LogP contribution is 2.12. The number of hydrogen-bond acceptors (Lipinski definition) is 4. The number of rotatable bonds is 8. The fourth-order valence-electron chi connectivity index (χ4n) is 1.30. The number of halogens is 2. The van der Waals surface area contributed by atoms with E-state index >= 15 is 0 Å². The fraction of sp³-hybridized carbons (Fsp3) is 0.500. The van der Waals surface area contributed by atoms with E-state index in [2.05, 4.69) is 9.72 Å². The highest BCUT2D eigenvalue weighted by atomic mass is 19.3. The molecule has 0 saturated carbocycles. The van der Waals surface area contributed by atoms with Gasteiger partial charge in [-0.05, 0) is 13.0 Å². The van der Waals surface area contributed by atoms with Crippen molar-refractivity contribution in [2.24, 2.45) is 0 Å². The molecule has 0 saturated heterocycles. The Bertz CT molecular complexity index is 385. The Balaban J connectivity index is 2.43. The lowest BCUT2D eigenvalue weighted by atomic mass is 10.1. The van der Waals surface area contributed by atoms with Crippen LogP contribution in [0.1, 0.15) is 23.7 Å². The lowest BCUT2D eigenvalue weighted by Gasteiger charge is -2.05. The molecule has 0 fully saturated rings. The Morgan fingerprint density at radius 3 is 2.89 bits per heavy atom. The summed E-state index contributed by atoms with van der Waals surface area (Å²) >= 11 is 0. The van der Waals surface area contributed by atoms with Gasteiger partial charge in [0, 0.05) is 18.2 Å². The molecule has 0 aliphatic rings. The number of ether oxygens (including phenoxy) is 2. The number of Topliss-reactive ketones (excluding diaryl/α,β-unsaturated/α-hetero) is 1. The maximum Gasteiger partial charge on any atom is 0.261 e. The molecule has 4 nitrogen and oxygen atoms in total. The van der Waals surface area contributed by atoms with Crippen molar-refractivity contribution in [3.05, 3.63) is 24.0 Å². The van der Waals surface area contributed by atoms with Gasteiger partial charge in [0.1, 0.15) is 12.4 Å². The number of carbonyl (C=O) groups is 1. The van der Waals surface area contributed by atoms with Crippen molar-refractivity contribution in [2.75, 3.05) is 19.8 Å². The third-order valence-electron chi connectivity index (χ3n) is 2.06. The van der Waals surface area contributed by atoms with Crippen molar-refractivity contribution in [1.29, 1.82) is 0 Å². The second-order valence-electron chi connectivity index (χ2n) is 3.48. The first kappa shape index (κ1) is 14.5. The van der Waals surface area contributed by atoms with Gasteiger partial charge >= 0.3 is 0 Å². The number of ketones is 1. The minimum Gasteiger partial charge on any atom is -0.492 e. The van der Waals surface area contributed by atoms with E-state index in [1.165, 1.54) is 12.4 Å². The standard InChI is InChI=1S/C12H15F2NO3/c1-2-18-10-5-9(6-15-7-10)11(16)3-4-17-8-12(13)14/h5-7,12H,2-4,8H2,1H3. The summed E-state index contributed by atoms with van der Waals surface area (Å²) in [6, 6.07) is 1.58. The van der Waals surface area contributed by atoms with E-state index in [9.17, 15) is 13.6 Å². The van der Waals surface area contributed by atoms with Gasteiger partial charge in [0.15, 0.2) is 5.78 Å². The molecule has 0 aliphatic carbocycles. The van der Waals surface area contributed by atoms with Crippen LogP contribution in [0, 0.1) is 0 Å². The summed E-state index contributed by atoms with van der Waals surface area (Å²) in [6.45, 7) is 1.63. The van der Waals surface area contributed by atoms with Gasteiger partial charge < -0.3 is 9.47 Å². The number of alkyl halides is 2. The summed E-state index contributed by atoms with van der Waals surface area (Å²) in [5, 5.41) is 0. The second kappa shape index (κ2) is 7.71. The Morgan fingerprint density at radius 2 is 2.22 bits per heavy atom. The molecule has 1 aromatic rings. The zero-order valence-corrected chi connectivity index (χ0v) is 10.1. The predicted molar refractivity (Wildman–Crippen MR) is 61.2 cm³/mol. The molecule has 1 heterocycles. The molecular formula is C12H15F2NO3. The average molecular weight is 259 g/mol. The molecule has 1 aromatic heterocycles. The lowest BCUT2D eigenvalue weighted by molar-refractivity contribution is 0.0170. The highest BCUT2D eigenvalue weighted by Gasteiger charge is 2.09. The topological polar surface area (TPSA) is 48.4 Å². The van der Waals surface area contributed by atoms with E-state index in [0.717, 1.165) is 0 Å². The molecule has 1 rings (SSSR count). The summed E-state index contributed by atoms with van der Waals surface area (Å²) in [7, 11) is 0. The molecule has 100 valence electrons. The first-order valence-corrected chi connectivity index (χ1v) is 5.60. The van der Waals surface area contributed by atoms with Crippen LogP contribution in [0.5, 0.6) is 5.75 Å². The maximum absolute atomic E-state index is 11.8. The number of pyridine rings is 1. The molecule has 0 bridgehead atoms. The number of carbonyl (C=O) groups excluding carboxylic acids is 1. The fourth-order valence-corrected chi connectivity index (χ4v) is 1.30. The molecule has 18 heavy (non-hydrogen) atoms. The van der Waals surface area contributed by atoms with E-state index in [-0.39, 0.29) is 18.8 Å². The van der Waals surface area contributed by atoms with Gasteiger partial charge in [-0.1, -0.05) is 0 Å². The highest BCUT2D eigenvalue weighted by molar-refractivity contribution is 5.96. The summed E-state index contributed by atoms with van der Waals surface area (Å²) in [5.41, 5.74) is 0.390. The van der Waals surface area contributed by atoms with Crippen molar-refractivity contribution in [2.45, 2.75) is 19.8 Å². The van der Waals surface area contributed by atoms with E-state index < -0.39 is 13.0 Å². The van der Waals surface area contributed by atoms with Gasteiger partial charge in [-0.2, -0.15) is 0 Å². The summed E-state index contributed by atoms with van der Waals surface area (Å²) in [6.07, 6.45) is 0.457. The minimum atomic E-state index is -2.51. The number of hydrogen-bond donors (Lipinski definition) is 0. The van der Waals surface area contributed by atoms with Crippen LogP contribution in [0.2, 0.25) is 0 Å². The molecule has 0 aliphatic heterocycles. The average Bonchev–Trinajstić information content (AvgIpc) is 2.35. The molecular weight excluding hydrogens is 244 g/mol. The molecule has 0 aromatic carbocycles. The molecule has 0 N–H and O–H groups in total. The van der Waals surface area contributed by atoms with Gasteiger partial charge in [0.25, 0.3) is 6.43 Å². The van der Waals surface area contributed by atoms with Gasteiger partial charge in [0.05, 0.1) is 19.4 Å². The zero-order chi connectivity index (χ0) is 13.4. The van der Waals surface area contributed by atoms with Crippen molar-refractivity contribution in [3.63, 3.8) is 0 Å². The van der Waals surface area contributed by atoms with Crippen molar-refractivity contribution in [3.8, 4) is 5.75 Å². The van der Waals surface area contributed by atoms with Crippen LogP contribution < -0.4 is 4.74 Å². The first-order valence-electron chi connectivity index (χ1n) is 5.60. The van der Waals surface area contributed by atoms with Crippen molar-refractivity contribution < 1.29 is 23.0 Å². The largest absolute Gasteiger partial charge is 0.492 e. The Labute approximate surface area is 104 Å². The van der Waals surface area contributed by atoms with Crippen molar-refractivity contribution in [1.82, 2.24) is 4.98 Å². The van der Waals surface area contributed by atoms with Crippen LogP contribution in [0.4, 0.5) is 8.78 Å².